The minimum atomic E-state index is -1.61. The molecule has 2 aliphatic rings. The van der Waals surface area contributed by atoms with E-state index in [2.05, 4.69) is 13.8 Å². The summed E-state index contributed by atoms with van der Waals surface area (Å²) in [6, 6.07) is -0.363. The molecule has 7 unspecified atom stereocenters. The van der Waals surface area contributed by atoms with Crippen LogP contribution in [-0.2, 0) is 19.0 Å². The fourth-order valence-corrected chi connectivity index (χ4v) is 5.55. The molecule has 0 aliphatic carbocycles. The quantitative estimate of drug-likeness (QED) is 0.510. The highest BCUT2D eigenvalue weighted by Crippen LogP contribution is 2.32. The van der Waals surface area contributed by atoms with E-state index >= 15 is 0 Å². The number of aliphatic hydroxyl groups is 3. The molecule has 2 fully saturated rings. The van der Waals surface area contributed by atoms with Gasteiger partial charge in [-0.15, -0.1) is 0 Å². The lowest BCUT2D eigenvalue weighted by molar-refractivity contribution is -0.238. The molecule has 0 aromatic rings. The molecule has 0 spiro atoms. The van der Waals surface area contributed by atoms with E-state index in [1.54, 1.807) is 6.92 Å². The summed E-state index contributed by atoms with van der Waals surface area (Å²) >= 11 is 0. The predicted molar refractivity (Wildman–Crippen MR) is 130 cm³/mol. The summed E-state index contributed by atoms with van der Waals surface area (Å²) in [7, 11) is 1.89. The van der Waals surface area contributed by atoms with Gasteiger partial charge in [0.25, 0.3) is 0 Å². The van der Waals surface area contributed by atoms with Crippen LogP contribution in [0.15, 0.2) is 0 Å². The third-order valence-corrected chi connectivity index (χ3v) is 7.66. The SMILES string of the molecule is CC1CC(C)O[C@@H](O[C@@H]2C(C)C(=O)OCC(C)(O)C(O)C(C)N(C)C[C@H](C)CC(O)C[C@H]2C)C1. The van der Waals surface area contributed by atoms with Gasteiger partial charge in [0.2, 0.25) is 0 Å². The molecule has 0 bridgehead atoms. The van der Waals surface area contributed by atoms with Crippen molar-refractivity contribution in [3.05, 3.63) is 0 Å². The van der Waals surface area contributed by atoms with Crippen molar-refractivity contribution in [1.82, 2.24) is 4.90 Å². The number of hydrogen-bond donors (Lipinski definition) is 3. The van der Waals surface area contributed by atoms with E-state index in [0.717, 1.165) is 12.8 Å². The first kappa shape index (κ1) is 29.5. The van der Waals surface area contributed by atoms with Crippen LogP contribution in [0.1, 0.15) is 74.1 Å². The zero-order valence-electron chi connectivity index (χ0n) is 22.4. The standard InChI is InChI=1S/C26H49NO7/c1-15-9-18(4)33-22(11-15)34-23-17(3)12-21(28)10-16(2)13-27(8)20(6)24(29)26(7,31)14-32-25(30)19(23)5/h15-24,28-29,31H,9-14H2,1-8H3/t15?,16-,17-,18?,19?,20?,21?,22+,23+,24?,26?/m1/s1. The van der Waals surface area contributed by atoms with Crippen LogP contribution in [0.3, 0.4) is 0 Å². The fraction of sp³-hybridized carbons (Fsp3) is 0.962. The van der Waals surface area contributed by atoms with Gasteiger partial charge in [-0.1, -0.05) is 20.8 Å². The van der Waals surface area contributed by atoms with Crippen molar-refractivity contribution in [2.24, 2.45) is 23.7 Å². The Labute approximate surface area is 205 Å². The molecule has 0 aromatic heterocycles. The molecule has 2 aliphatic heterocycles. The Hall–Kier alpha value is -0.770. The first-order valence-electron chi connectivity index (χ1n) is 13.0. The van der Waals surface area contributed by atoms with Crippen molar-refractivity contribution in [2.75, 3.05) is 20.2 Å². The van der Waals surface area contributed by atoms with Gasteiger partial charge in [0.05, 0.1) is 24.2 Å². The van der Waals surface area contributed by atoms with E-state index in [1.165, 1.54) is 6.92 Å². The van der Waals surface area contributed by atoms with Gasteiger partial charge in [-0.25, -0.2) is 0 Å². The molecule has 2 saturated heterocycles. The van der Waals surface area contributed by atoms with Crippen molar-refractivity contribution >= 4 is 5.97 Å². The fourth-order valence-electron chi connectivity index (χ4n) is 5.55. The molecule has 11 atom stereocenters. The molecule has 200 valence electrons. The molecule has 3 N–H and O–H groups in total. The highest BCUT2D eigenvalue weighted by Gasteiger charge is 2.41. The summed E-state index contributed by atoms with van der Waals surface area (Å²) in [5.41, 5.74) is -1.61. The molecule has 2 heterocycles. The predicted octanol–water partition coefficient (Wildman–Crippen LogP) is 2.57. The summed E-state index contributed by atoms with van der Waals surface area (Å²) in [4.78, 5) is 15.0. The summed E-state index contributed by atoms with van der Waals surface area (Å²) in [5, 5.41) is 32.6. The van der Waals surface area contributed by atoms with Gasteiger partial charge >= 0.3 is 5.97 Å². The van der Waals surface area contributed by atoms with Crippen molar-refractivity contribution in [3.63, 3.8) is 0 Å². The molecule has 0 radical (unpaired) electrons. The number of ether oxygens (including phenoxy) is 3. The Balaban J connectivity index is 2.27. The number of hydrogen-bond acceptors (Lipinski definition) is 8. The van der Waals surface area contributed by atoms with Gasteiger partial charge in [0.1, 0.15) is 18.3 Å². The lowest BCUT2D eigenvalue weighted by atomic mass is 9.86. The van der Waals surface area contributed by atoms with Crippen molar-refractivity contribution in [1.29, 1.82) is 0 Å². The number of esters is 1. The van der Waals surface area contributed by atoms with E-state index in [1.807, 2.05) is 32.7 Å². The normalized spacial score (nSPS) is 46.9. The lowest BCUT2D eigenvalue weighted by Gasteiger charge is -2.38. The number of cyclic esters (lactones) is 1. The second-order valence-electron chi connectivity index (χ2n) is 11.6. The minimum absolute atomic E-state index is 0.0792. The van der Waals surface area contributed by atoms with Gasteiger partial charge < -0.3 is 34.4 Å². The second-order valence-corrected chi connectivity index (χ2v) is 11.6. The number of carbonyl (C=O) groups excluding carboxylic acids is 1. The third kappa shape index (κ3) is 8.14. The first-order valence-corrected chi connectivity index (χ1v) is 13.0. The van der Waals surface area contributed by atoms with Crippen molar-refractivity contribution < 1.29 is 34.3 Å². The minimum Gasteiger partial charge on any atom is -0.462 e. The van der Waals surface area contributed by atoms with Gasteiger partial charge in [-0.05, 0) is 71.8 Å². The van der Waals surface area contributed by atoms with Crippen LogP contribution in [0.4, 0.5) is 0 Å². The van der Waals surface area contributed by atoms with Crippen LogP contribution in [-0.4, -0.2) is 88.7 Å². The zero-order chi connectivity index (χ0) is 25.8. The summed E-state index contributed by atoms with van der Waals surface area (Å²) < 4.78 is 17.9. The number of rotatable bonds is 2. The molecular formula is C26H49NO7. The largest absolute Gasteiger partial charge is 0.462 e. The van der Waals surface area contributed by atoms with E-state index < -0.39 is 42.1 Å². The Morgan fingerprint density at radius 3 is 2.26 bits per heavy atom. The highest BCUT2D eigenvalue weighted by atomic mass is 16.7. The van der Waals surface area contributed by atoms with Crippen LogP contribution in [0, 0.1) is 23.7 Å². The van der Waals surface area contributed by atoms with Crippen LogP contribution in [0.2, 0.25) is 0 Å². The monoisotopic (exact) mass is 487 g/mol. The van der Waals surface area contributed by atoms with Crippen LogP contribution >= 0.6 is 0 Å². The van der Waals surface area contributed by atoms with E-state index in [0.29, 0.717) is 25.3 Å². The molecular weight excluding hydrogens is 438 g/mol. The molecule has 8 nitrogen and oxygen atoms in total. The number of carbonyl (C=O) groups is 1. The molecule has 2 rings (SSSR count). The van der Waals surface area contributed by atoms with E-state index in [4.69, 9.17) is 14.2 Å². The molecule has 0 amide bonds. The maximum Gasteiger partial charge on any atom is 0.311 e. The topological polar surface area (TPSA) is 109 Å². The molecule has 8 heteroatoms. The summed E-state index contributed by atoms with van der Waals surface area (Å²) in [5.74, 6) is -0.617. The van der Waals surface area contributed by atoms with Crippen molar-refractivity contribution in [2.45, 2.75) is 116 Å². The molecule has 34 heavy (non-hydrogen) atoms. The summed E-state index contributed by atoms with van der Waals surface area (Å²) in [6.45, 7) is 13.7. The Bertz CT molecular complexity index is 635. The van der Waals surface area contributed by atoms with Gasteiger partial charge in [0, 0.05) is 19.0 Å². The Morgan fingerprint density at radius 2 is 1.65 bits per heavy atom. The smallest absolute Gasteiger partial charge is 0.311 e. The Morgan fingerprint density at radius 1 is 1.00 bits per heavy atom. The van der Waals surface area contributed by atoms with E-state index in [9.17, 15) is 20.1 Å². The van der Waals surface area contributed by atoms with E-state index in [-0.39, 0.29) is 30.6 Å². The lowest BCUT2D eigenvalue weighted by Crippen LogP contribution is -2.55. The highest BCUT2D eigenvalue weighted by molar-refractivity contribution is 5.72. The summed E-state index contributed by atoms with van der Waals surface area (Å²) in [6.07, 6.45) is 0.283. The maximum absolute atomic E-state index is 13.0. The van der Waals surface area contributed by atoms with Gasteiger partial charge in [-0.2, -0.15) is 0 Å². The van der Waals surface area contributed by atoms with Crippen LogP contribution in [0.5, 0.6) is 0 Å². The zero-order valence-corrected chi connectivity index (χ0v) is 22.4. The number of aliphatic hydroxyl groups excluding tert-OH is 2. The first-order chi connectivity index (χ1) is 15.7. The Kier molecular flexibility index (Phi) is 10.8. The van der Waals surface area contributed by atoms with Gasteiger partial charge in [-0.3, -0.25) is 4.79 Å². The second kappa shape index (κ2) is 12.5. The van der Waals surface area contributed by atoms with Crippen LogP contribution < -0.4 is 0 Å². The van der Waals surface area contributed by atoms with Gasteiger partial charge in [0.15, 0.2) is 6.29 Å². The van der Waals surface area contributed by atoms with Crippen molar-refractivity contribution in [3.8, 4) is 0 Å². The average molecular weight is 488 g/mol. The molecule has 0 saturated carbocycles. The van der Waals surface area contributed by atoms with Crippen LogP contribution in [0.25, 0.3) is 0 Å². The maximum atomic E-state index is 13.0. The average Bonchev–Trinajstić information content (AvgIpc) is 2.72. The number of likely N-dealkylation sites (N-methyl/N-ethyl adjacent to an activating group) is 1. The third-order valence-electron chi connectivity index (χ3n) is 7.66. The molecule has 0 aromatic carbocycles. The number of nitrogens with zero attached hydrogens (tertiary/aromatic N) is 1.